The summed E-state index contributed by atoms with van der Waals surface area (Å²) in [4.78, 5) is 13.1. The zero-order chi connectivity index (χ0) is 17.6. The lowest BCUT2D eigenvalue weighted by molar-refractivity contribution is 0.0930. The fourth-order valence-corrected chi connectivity index (χ4v) is 3.46. The van der Waals surface area contributed by atoms with Crippen molar-refractivity contribution in [3.8, 4) is 5.75 Å². The van der Waals surface area contributed by atoms with Crippen molar-refractivity contribution in [1.29, 1.82) is 0 Å². The molecule has 2 aromatic carbocycles. The quantitative estimate of drug-likeness (QED) is 0.775. The molecule has 25 heavy (non-hydrogen) atoms. The first-order chi connectivity index (χ1) is 12.2. The molecule has 2 aromatic rings. The molecule has 132 valence electrons. The molecule has 1 N–H and O–H groups in total. The maximum absolute atomic E-state index is 14.0. The number of ether oxygens (including phenoxy) is 1. The third-order valence-electron chi connectivity index (χ3n) is 4.84. The van der Waals surface area contributed by atoms with Gasteiger partial charge in [0, 0.05) is 11.6 Å². The van der Waals surface area contributed by atoms with E-state index >= 15 is 0 Å². The fraction of sp³-hybridized carbons (Fsp3) is 0.381. The Balaban J connectivity index is 1.87. The predicted octanol–water partition coefficient (Wildman–Crippen LogP) is 4.68. The van der Waals surface area contributed by atoms with Crippen LogP contribution in [0.4, 0.5) is 4.39 Å². The van der Waals surface area contributed by atoms with E-state index in [1.54, 1.807) is 6.07 Å². The smallest absolute Gasteiger partial charge is 0.184 e. The molecule has 0 saturated heterocycles. The molecule has 4 heteroatoms. The second kappa shape index (κ2) is 8.26. The number of rotatable bonds is 6. The summed E-state index contributed by atoms with van der Waals surface area (Å²) in [6.07, 6.45) is 5.78. The zero-order valence-corrected chi connectivity index (χ0v) is 14.5. The summed E-state index contributed by atoms with van der Waals surface area (Å²) in [5.74, 6) is -0.482. The highest BCUT2D eigenvalue weighted by Crippen LogP contribution is 2.26. The molecule has 1 aliphatic rings. The van der Waals surface area contributed by atoms with Gasteiger partial charge in [0.2, 0.25) is 0 Å². The molecule has 1 unspecified atom stereocenters. The van der Waals surface area contributed by atoms with E-state index in [1.807, 2.05) is 30.3 Å². The summed E-state index contributed by atoms with van der Waals surface area (Å²) in [6.45, 7) is 0. The van der Waals surface area contributed by atoms with E-state index in [0.717, 1.165) is 18.4 Å². The second-order valence-electron chi connectivity index (χ2n) is 6.56. The molecular weight excluding hydrogens is 317 g/mol. The first-order valence-corrected chi connectivity index (χ1v) is 8.88. The van der Waals surface area contributed by atoms with Crippen LogP contribution in [0.5, 0.6) is 5.75 Å². The van der Waals surface area contributed by atoms with Crippen LogP contribution in [-0.2, 0) is 0 Å². The van der Waals surface area contributed by atoms with Gasteiger partial charge in [0.1, 0.15) is 0 Å². The Labute approximate surface area is 148 Å². The molecule has 3 nitrogen and oxygen atoms in total. The average Bonchev–Trinajstić information content (AvgIpc) is 2.67. The number of hydrogen-bond acceptors (Lipinski definition) is 3. The Morgan fingerprint density at radius 2 is 1.84 bits per heavy atom. The van der Waals surface area contributed by atoms with Crippen LogP contribution in [0.1, 0.15) is 54.1 Å². The Morgan fingerprint density at radius 3 is 2.48 bits per heavy atom. The summed E-state index contributed by atoms with van der Waals surface area (Å²) in [7, 11) is 1.41. The van der Waals surface area contributed by atoms with Crippen molar-refractivity contribution in [3.05, 3.63) is 65.5 Å². The first-order valence-electron chi connectivity index (χ1n) is 8.88. The third kappa shape index (κ3) is 4.26. The lowest BCUT2D eigenvalue weighted by Gasteiger charge is -2.28. The number of carbonyl (C=O) groups is 1. The van der Waals surface area contributed by atoms with Gasteiger partial charge < -0.3 is 10.1 Å². The predicted molar refractivity (Wildman–Crippen MR) is 96.5 cm³/mol. The molecule has 1 saturated carbocycles. The normalized spacial score (nSPS) is 16.4. The van der Waals surface area contributed by atoms with Gasteiger partial charge >= 0.3 is 0 Å². The van der Waals surface area contributed by atoms with E-state index in [2.05, 4.69) is 5.32 Å². The fourth-order valence-electron chi connectivity index (χ4n) is 3.46. The summed E-state index contributed by atoms with van der Waals surface area (Å²) >= 11 is 0. The first kappa shape index (κ1) is 17.6. The number of ketones is 1. The molecular formula is C21H24FNO2. The SMILES string of the molecule is COc1ccc(C(=O)C(NC2CCCCC2)c2ccccc2)cc1F. The largest absolute Gasteiger partial charge is 0.494 e. The van der Waals surface area contributed by atoms with Crippen molar-refractivity contribution in [3.63, 3.8) is 0 Å². The van der Waals surface area contributed by atoms with Gasteiger partial charge in [-0.3, -0.25) is 4.79 Å². The molecule has 1 aliphatic carbocycles. The van der Waals surface area contributed by atoms with Crippen LogP contribution < -0.4 is 10.1 Å². The highest BCUT2D eigenvalue weighted by atomic mass is 19.1. The van der Waals surface area contributed by atoms with Crippen LogP contribution in [0.2, 0.25) is 0 Å². The molecule has 0 bridgehead atoms. The molecule has 0 amide bonds. The average molecular weight is 341 g/mol. The monoisotopic (exact) mass is 341 g/mol. The molecule has 0 radical (unpaired) electrons. The highest BCUT2D eigenvalue weighted by molar-refractivity contribution is 6.00. The van der Waals surface area contributed by atoms with Gasteiger partial charge in [-0.25, -0.2) is 4.39 Å². The van der Waals surface area contributed by atoms with Crippen molar-refractivity contribution < 1.29 is 13.9 Å². The summed E-state index contributed by atoms with van der Waals surface area (Å²) in [5.41, 5.74) is 1.27. The van der Waals surface area contributed by atoms with Crippen molar-refractivity contribution in [1.82, 2.24) is 5.32 Å². The molecule has 0 heterocycles. The minimum absolute atomic E-state index is 0.113. The van der Waals surface area contributed by atoms with Crippen LogP contribution in [0, 0.1) is 5.82 Å². The Morgan fingerprint density at radius 1 is 1.12 bits per heavy atom. The molecule has 0 spiro atoms. The summed E-state index contributed by atoms with van der Waals surface area (Å²) < 4.78 is 19.0. The van der Waals surface area contributed by atoms with E-state index in [-0.39, 0.29) is 11.5 Å². The Bertz CT molecular complexity index is 711. The maximum Gasteiger partial charge on any atom is 0.184 e. The summed E-state index contributed by atoms with van der Waals surface area (Å²) in [5, 5.41) is 3.52. The van der Waals surface area contributed by atoms with Gasteiger partial charge in [-0.15, -0.1) is 0 Å². The number of carbonyl (C=O) groups excluding carboxylic acids is 1. The van der Waals surface area contributed by atoms with Crippen LogP contribution in [0.25, 0.3) is 0 Å². The number of Topliss-reactive ketones (excluding diaryl/α,β-unsaturated/α-hetero) is 1. The van der Waals surface area contributed by atoms with Crippen LogP contribution in [0.15, 0.2) is 48.5 Å². The van der Waals surface area contributed by atoms with E-state index in [9.17, 15) is 9.18 Å². The Hall–Kier alpha value is -2.20. The molecule has 0 aliphatic heterocycles. The van der Waals surface area contributed by atoms with Gasteiger partial charge in [0.05, 0.1) is 13.2 Å². The minimum atomic E-state index is -0.516. The van der Waals surface area contributed by atoms with E-state index in [0.29, 0.717) is 11.6 Å². The van der Waals surface area contributed by atoms with E-state index < -0.39 is 11.9 Å². The molecule has 1 fully saturated rings. The number of halogens is 1. The number of hydrogen-bond donors (Lipinski definition) is 1. The van der Waals surface area contributed by atoms with Gasteiger partial charge in [-0.2, -0.15) is 0 Å². The van der Waals surface area contributed by atoms with Crippen LogP contribution in [-0.4, -0.2) is 18.9 Å². The minimum Gasteiger partial charge on any atom is -0.494 e. The topological polar surface area (TPSA) is 38.3 Å². The van der Waals surface area contributed by atoms with E-state index in [1.165, 1.54) is 38.5 Å². The van der Waals surface area contributed by atoms with Crippen molar-refractivity contribution >= 4 is 5.78 Å². The lowest BCUT2D eigenvalue weighted by atomic mass is 9.91. The molecule has 1 atom stereocenters. The van der Waals surface area contributed by atoms with Gasteiger partial charge in [0.25, 0.3) is 0 Å². The van der Waals surface area contributed by atoms with Crippen molar-refractivity contribution in [2.45, 2.75) is 44.2 Å². The number of methoxy groups -OCH3 is 1. The zero-order valence-electron chi connectivity index (χ0n) is 14.5. The van der Waals surface area contributed by atoms with Gasteiger partial charge in [0.15, 0.2) is 17.3 Å². The van der Waals surface area contributed by atoms with Crippen molar-refractivity contribution in [2.24, 2.45) is 0 Å². The Kier molecular flexibility index (Phi) is 5.82. The van der Waals surface area contributed by atoms with Crippen molar-refractivity contribution in [2.75, 3.05) is 7.11 Å². The highest BCUT2D eigenvalue weighted by Gasteiger charge is 2.26. The lowest BCUT2D eigenvalue weighted by Crippen LogP contribution is -2.38. The second-order valence-corrected chi connectivity index (χ2v) is 6.56. The van der Waals surface area contributed by atoms with Crippen LogP contribution in [0.3, 0.4) is 0 Å². The standard InChI is InChI=1S/C21H24FNO2/c1-25-19-13-12-16(14-18(19)22)21(24)20(15-8-4-2-5-9-15)23-17-10-6-3-7-11-17/h2,4-5,8-9,12-14,17,20,23H,3,6-7,10-11H2,1H3. The van der Waals surface area contributed by atoms with Gasteiger partial charge in [-0.05, 0) is 36.6 Å². The number of benzene rings is 2. The maximum atomic E-state index is 14.0. The molecule has 0 aromatic heterocycles. The third-order valence-corrected chi connectivity index (χ3v) is 4.84. The molecule has 3 rings (SSSR count). The number of nitrogens with one attached hydrogen (secondary N) is 1. The van der Waals surface area contributed by atoms with Crippen LogP contribution >= 0.6 is 0 Å². The summed E-state index contributed by atoms with van der Waals surface area (Å²) in [6, 6.07) is 13.9. The van der Waals surface area contributed by atoms with E-state index in [4.69, 9.17) is 4.74 Å². The van der Waals surface area contributed by atoms with Gasteiger partial charge in [-0.1, -0.05) is 49.6 Å².